The van der Waals surface area contributed by atoms with Crippen molar-refractivity contribution in [3.63, 3.8) is 0 Å². The number of carbonyl (C=O) groups is 4. The van der Waals surface area contributed by atoms with Gasteiger partial charge in [0.1, 0.15) is 0 Å². The van der Waals surface area contributed by atoms with Crippen molar-refractivity contribution in [1.29, 1.82) is 0 Å². The molecule has 158 valence electrons. The number of hydrogen-bond acceptors (Lipinski definition) is 8. The minimum Gasteiger partial charge on any atom is -0.305 e. The predicted octanol–water partition coefficient (Wildman–Crippen LogP) is -0.354. The summed E-state index contributed by atoms with van der Waals surface area (Å²) in [7, 11) is 0. The van der Waals surface area contributed by atoms with E-state index in [2.05, 4.69) is 31.2 Å². The highest BCUT2D eigenvalue weighted by Crippen LogP contribution is 1.97. The Kier molecular flexibility index (Phi) is 8.73. The minimum absolute atomic E-state index is 0.341. The summed E-state index contributed by atoms with van der Waals surface area (Å²) in [6.45, 7) is 3.99. The van der Waals surface area contributed by atoms with Crippen LogP contribution in [0, 0.1) is 0 Å². The molecule has 0 saturated heterocycles. The molecule has 10 heteroatoms. The third kappa shape index (κ3) is 7.15. The molecule has 0 aliphatic heterocycles. The molecule has 0 radical (unpaired) electrons. The van der Waals surface area contributed by atoms with Gasteiger partial charge in [0.2, 0.25) is 11.8 Å². The number of nitrogens with one attached hydrogen (secondary N) is 4. The van der Waals surface area contributed by atoms with Gasteiger partial charge in [0.05, 0.1) is 12.1 Å². The first-order chi connectivity index (χ1) is 14.4. The highest BCUT2D eigenvalue weighted by atomic mass is 16.2. The van der Waals surface area contributed by atoms with E-state index in [0.717, 1.165) is 0 Å². The van der Waals surface area contributed by atoms with Crippen LogP contribution < -0.4 is 21.3 Å². The number of nitrogens with zero attached hydrogens (tertiary/aromatic N) is 2. The molecule has 0 saturated carbocycles. The second kappa shape index (κ2) is 11.5. The van der Waals surface area contributed by atoms with Crippen LogP contribution in [0.25, 0.3) is 0 Å². The molecule has 10 nitrogen and oxygen atoms in total. The zero-order valence-electron chi connectivity index (χ0n) is 16.7. The summed E-state index contributed by atoms with van der Waals surface area (Å²) >= 11 is 0. The molecular formula is C20H24N6O4. The van der Waals surface area contributed by atoms with Crippen molar-refractivity contribution in [3.8, 4) is 0 Å². The van der Waals surface area contributed by atoms with Crippen molar-refractivity contribution in [3.05, 3.63) is 60.2 Å². The largest absolute Gasteiger partial charge is 0.305 e. The van der Waals surface area contributed by atoms with Gasteiger partial charge in [-0.2, -0.15) is 0 Å². The van der Waals surface area contributed by atoms with Crippen LogP contribution in [0.1, 0.15) is 34.6 Å². The Hall–Kier alpha value is -3.50. The summed E-state index contributed by atoms with van der Waals surface area (Å²) in [6.07, 6.45) is 5.87. The summed E-state index contributed by atoms with van der Waals surface area (Å²) in [6, 6.07) is 4.81. The van der Waals surface area contributed by atoms with Gasteiger partial charge < -0.3 is 10.6 Å². The second-order valence-corrected chi connectivity index (χ2v) is 6.46. The fourth-order valence-corrected chi connectivity index (χ4v) is 2.35. The van der Waals surface area contributed by atoms with E-state index >= 15 is 0 Å². The van der Waals surface area contributed by atoms with Gasteiger partial charge in [-0.3, -0.25) is 39.8 Å². The number of carbonyl (C=O) groups excluding carboxylic acids is 4. The lowest BCUT2D eigenvalue weighted by Crippen LogP contribution is -2.49. The van der Waals surface area contributed by atoms with Crippen molar-refractivity contribution in [2.24, 2.45) is 0 Å². The Labute approximate surface area is 173 Å². The molecule has 0 aromatic carbocycles. The third-order valence-corrected chi connectivity index (χ3v) is 4.17. The standard InChI is InChI=1S/C20H24N6O4/c1-13(17(27)25-19(29)15-3-7-21-8-4-15)23-11-12-24-14(2)18(28)26-20(30)16-5-9-22-10-6-16/h3-10,13-14,23-24H,11-12H2,1-2H3,(H,25,27,29)(H,26,28,30). The average Bonchev–Trinajstić information content (AvgIpc) is 2.77. The van der Waals surface area contributed by atoms with Gasteiger partial charge in [-0.25, -0.2) is 0 Å². The van der Waals surface area contributed by atoms with Crippen molar-refractivity contribution in [1.82, 2.24) is 31.2 Å². The van der Waals surface area contributed by atoms with Crippen LogP contribution in [0.2, 0.25) is 0 Å². The predicted molar refractivity (Wildman–Crippen MR) is 108 cm³/mol. The molecule has 2 aromatic rings. The Morgan fingerprint density at radius 1 is 0.700 bits per heavy atom. The van der Waals surface area contributed by atoms with Gasteiger partial charge in [0.25, 0.3) is 11.8 Å². The number of imide groups is 2. The van der Waals surface area contributed by atoms with Gasteiger partial charge >= 0.3 is 0 Å². The molecule has 2 heterocycles. The Morgan fingerprint density at radius 2 is 1.03 bits per heavy atom. The lowest BCUT2D eigenvalue weighted by Gasteiger charge is -2.16. The van der Waals surface area contributed by atoms with Crippen LogP contribution in [0.5, 0.6) is 0 Å². The fraction of sp³-hybridized carbons (Fsp3) is 0.300. The molecule has 2 rings (SSSR count). The lowest BCUT2D eigenvalue weighted by molar-refractivity contribution is -0.122. The molecule has 0 bridgehead atoms. The number of hydrogen-bond donors (Lipinski definition) is 4. The lowest BCUT2D eigenvalue weighted by atomic mass is 10.2. The highest BCUT2D eigenvalue weighted by Gasteiger charge is 2.18. The highest BCUT2D eigenvalue weighted by molar-refractivity contribution is 6.06. The molecule has 0 aliphatic carbocycles. The van der Waals surface area contributed by atoms with Crippen LogP contribution in [0.4, 0.5) is 0 Å². The van der Waals surface area contributed by atoms with Gasteiger partial charge in [-0.1, -0.05) is 0 Å². The van der Waals surface area contributed by atoms with Crippen molar-refractivity contribution in [2.75, 3.05) is 13.1 Å². The second-order valence-electron chi connectivity index (χ2n) is 6.46. The van der Waals surface area contributed by atoms with Crippen LogP contribution in [0.15, 0.2) is 49.1 Å². The van der Waals surface area contributed by atoms with Crippen LogP contribution in [-0.2, 0) is 9.59 Å². The topological polar surface area (TPSA) is 142 Å². The van der Waals surface area contributed by atoms with Crippen molar-refractivity contribution in [2.45, 2.75) is 25.9 Å². The molecule has 4 amide bonds. The van der Waals surface area contributed by atoms with Crippen molar-refractivity contribution >= 4 is 23.6 Å². The average molecular weight is 412 g/mol. The molecule has 30 heavy (non-hydrogen) atoms. The molecular weight excluding hydrogens is 388 g/mol. The normalized spacial score (nSPS) is 12.5. The zero-order valence-corrected chi connectivity index (χ0v) is 16.7. The van der Waals surface area contributed by atoms with Gasteiger partial charge in [0, 0.05) is 49.0 Å². The zero-order chi connectivity index (χ0) is 21.9. The summed E-state index contributed by atoms with van der Waals surface area (Å²) in [4.78, 5) is 55.7. The maximum atomic E-state index is 12.1. The van der Waals surface area contributed by atoms with Crippen LogP contribution >= 0.6 is 0 Å². The number of aromatic nitrogens is 2. The van der Waals surface area contributed by atoms with E-state index in [0.29, 0.717) is 24.2 Å². The van der Waals surface area contributed by atoms with Crippen LogP contribution in [0.3, 0.4) is 0 Å². The van der Waals surface area contributed by atoms with Gasteiger partial charge in [0.15, 0.2) is 0 Å². The van der Waals surface area contributed by atoms with E-state index in [1.165, 1.54) is 49.1 Å². The van der Waals surface area contributed by atoms with E-state index in [4.69, 9.17) is 0 Å². The Bertz CT molecular complexity index is 802. The molecule has 2 unspecified atom stereocenters. The third-order valence-electron chi connectivity index (χ3n) is 4.17. The number of rotatable bonds is 9. The van der Waals surface area contributed by atoms with E-state index in [-0.39, 0.29) is 0 Å². The maximum absolute atomic E-state index is 12.1. The first-order valence-electron chi connectivity index (χ1n) is 9.35. The SMILES string of the molecule is CC(NCCNC(C)C(=O)NC(=O)c1ccncc1)C(=O)NC(=O)c1ccncc1. The van der Waals surface area contributed by atoms with Gasteiger partial charge in [-0.05, 0) is 38.1 Å². The molecule has 0 aliphatic rings. The monoisotopic (exact) mass is 412 g/mol. The van der Waals surface area contributed by atoms with E-state index in [1.54, 1.807) is 13.8 Å². The molecule has 4 N–H and O–H groups in total. The Morgan fingerprint density at radius 3 is 1.37 bits per heavy atom. The summed E-state index contributed by atoms with van der Waals surface area (Å²) in [5, 5.41) is 10.5. The summed E-state index contributed by atoms with van der Waals surface area (Å²) < 4.78 is 0. The van der Waals surface area contributed by atoms with E-state index in [1.807, 2.05) is 0 Å². The molecule has 2 atom stereocenters. The first-order valence-corrected chi connectivity index (χ1v) is 9.35. The van der Waals surface area contributed by atoms with Crippen LogP contribution in [-0.4, -0.2) is 58.8 Å². The van der Waals surface area contributed by atoms with E-state index in [9.17, 15) is 19.2 Å². The number of amides is 4. The molecule has 0 fully saturated rings. The summed E-state index contributed by atoms with van der Waals surface area (Å²) in [5.41, 5.74) is 0.682. The van der Waals surface area contributed by atoms with E-state index < -0.39 is 35.7 Å². The summed E-state index contributed by atoms with van der Waals surface area (Å²) in [5.74, 6) is -1.94. The fourth-order valence-electron chi connectivity index (χ4n) is 2.35. The molecule has 0 spiro atoms. The maximum Gasteiger partial charge on any atom is 0.257 e. The minimum atomic E-state index is -0.616. The van der Waals surface area contributed by atoms with Gasteiger partial charge in [-0.15, -0.1) is 0 Å². The Balaban J connectivity index is 1.67. The first kappa shape index (κ1) is 22.8. The smallest absolute Gasteiger partial charge is 0.257 e. The molecule has 2 aromatic heterocycles. The number of pyridine rings is 2. The quantitative estimate of drug-likeness (QED) is 0.409. The van der Waals surface area contributed by atoms with Crippen molar-refractivity contribution < 1.29 is 19.2 Å².